The Morgan fingerprint density at radius 1 is 0.965 bits per heavy atom. The second kappa shape index (κ2) is 18.5. The Morgan fingerprint density at radius 2 is 1.77 bits per heavy atom. The highest BCUT2D eigenvalue weighted by molar-refractivity contribution is 6.47. The molecule has 2 unspecified atom stereocenters. The number of alkyl halides is 3. The van der Waals surface area contributed by atoms with Crippen molar-refractivity contribution in [1.82, 2.24) is 14.8 Å². The summed E-state index contributed by atoms with van der Waals surface area (Å²) >= 11 is 0. The minimum Gasteiger partial charge on any atom is -0.493 e. The number of carbonyl (C=O) groups is 3. The zero-order chi connectivity index (χ0) is 40.5. The van der Waals surface area contributed by atoms with E-state index in [9.17, 15) is 27.6 Å². The number of pyridine rings is 1. The monoisotopic (exact) mass is 794 g/mol. The molecule has 13 nitrogen and oxygen atoms in total. The Hall–Kier alpha value is -5.65. The van der Waals surface area contributed by atoms with E-state index in [0.717, 1.165) is 55.3 Å². The van der Waals surface area contributed by atoms with Crippen LogP contribution < -0.4 is 24.5 Å². The number of anilines is 2. The standard InChI is InChI=1S/C40H42F4N6O7/c1-3-4-14-49-32(24-51)38(47-50(37(49)25-52)28-8-5-7-26(20-28)40(42,43)44)39(53)46-27-9-10-34(30(41)21-27)57-33-11-12-45-31-23-35(54-2)36(22-29(31)33)56-17-6-13-48-15-18-55-19-16-48/h5,7-12,20-25,32,37H,3-4,6,13-19H2,1-2H3,(H,46,53). The fourth-order valence-corrected chi connectivity index (χ4v) is 6.56. The van der Waals surface area contributed by atoms with Crippen molar-refractivity contribution in [2.24, 2.45) is 5.10 Å². The molecule has 2 atom stereocenters. The number of methoxy groups -OCH3 is 1. The number of amides is 1. The summed E-state index contributed by atoms with van der Waals surface area (Å²) in [6.45, 7) is 6.46. The van der Waals surface area contributed by atoms with E-state index in [0.29, 0.717) is 67.6 Å². The Labute approximate surface area is 326 Å². The van der Waals surface area contributed by atoms with E-state index >= 15 is 4.39 Å². The minimum absolute atomic E-state index is 0.0301. The highest BCUT2D eigenvalue weighted by Crippen LogP contribution is 2.38. The van der Waals surface area contributed by atoms with Crippen LogP contribution >= 0.6 is 0 Å². The average molecular weight is 795 g/mol. The van der Waals surface area contributed by atoms with Gasteiger partial charge in [0.05, 0.1) is 43.7 Å². The van der Waals surface area contributed by atoms with Gasteiger partial charge in [-0.3, -0.25) is 24.4 Å². The first-order valence-electron chi connectivity index (χ1n) is 18.4. The fourth-order valence-electron chi connectivity index (χ4n) is 6.56. The molecule has 0 spiro atoms. The van der Waals surface area contributed by atoms with Crippen LogP contribution in [0.2, 0.25) is 0 Å². The van der Waals surface area contributed by atoms with Crippen molar-refractivity contribution < 1.29 is 50.9 Å². The third-order valence-electron chi connectivity index (χ3n) is 9.51. The topological polar surface area (TPSA) is 135 Å². The van der Waals surface area contributed by atoms with Crippen LogP contribution in [0.4, 0.5) is 28.9 Å². The van der Waals surface area contributed by atoms with Gasteiger partial charge in [-0.25, -0.2) is 9.40 Å². The maximum atomic E-state index is 15.7. The normalized spacial score (nSPS) is 17.9. The maximum Gasteiger partial charge on any atom is 0.416 e. The lowest BCUT2D eigenvalue weighted by atomic mass is 10.1. The number of nitrogens with one attached hydrogen (secondary N) is 1. The maximum absolute atomic E-state index is 15.7. The number of hydrogen-bond donors (Lipinski definition) is 1. The molecular formula is C40H42F4N6O7. The number of carbonyl (C=O) groups excluding carboxylic acids is 3. The molecule has 57 heavy (non-hydrogen) atoms. The zero-order valence-electron chi connectivity index (χ0n) is 31.3. The molecule has 2 aliphatic rings. The van der Waals surface area contributed by atoms with Crippen LogP contribution in [0.3, 0.4) is 0 Å². The summed E-state index contributed by atoms with van der Waals surface area (Å²) in [5.74, 6) is -0.762. The zero-order valence-corrected chi connectivity index (χ0v) is 31.3. The van der Waals surface area contributed by atoms with Gasteiger partial charge in [-0.15, -0.1) is 0 Å². The summed E-state index contributed by atoms with van der Waals surface area (Å²) in [5, 5.41) is 8.26. The number of nitrogens with zero attached hydrogens (tertiary/aromatic N) is 5. The lowest BCUT2D eigenvalue weighted by Gasteiger charge is -2.42. The molecular weight excluding hydrogens is 752 g/mol. The van der Waals surface area contributed by atoms with Gasteiger partial charge in [0.15, 0.2) is 41.2 Å². The Bertz CT molecular complexity index is 2100. The molecule has 2 aliphatic heterocycles. The molecule has 3 heterocycles. The molecule has 3 aromatic carbocycles. The lowest BCUT2D eigenvalue weighted by Crippen LogP contribution is -2.61. The predicted octanol–water partition coefficient (Wildman–Crippen LogP) is 6.30. The molecule has 1 fully saturated rings. The fraction of sp³-hybridized carbons (Fsp3) is 0.375. The third-order valence-corrected chi connectivity index (χ3v) is 9.51. The number of aromatic nitrogens is 1. The summed E-state index contributed by atoms with van der Waals surface area (Å²) in [7, 11) is 1.52. The van der Waals surface area contributed by atoms with Crippen molar-refractivity contribution in [3.63, 3.8) is 0 Å². The predicted molar refractivity (Wildman–Crippen MR) is 203 cm³/mol. The van der Waals surface area contributed by atoms with Crippen molar-refractivity contribution in [1.29, 1.82) is 0 Å². The summed E-state index contributed by atoms with van der Waals surface area (Å²) in [5.41, 5.74) is -1.05. The van der Waals surface area contributed by atoms with E-state index < -0.39 is 41.4 Å². The van der Waals surface area contributed by atoms with E-state index in [2.05, 4.69) is 20.3 Å². The van der Waals surface area contributed by atoms with Gasteiger partial charge in [-0.05, 0) is 55.3 Å². The van der Waals surface area contributed by atoms with Gasteiger partial charge in [-0.2, -0.15) is 18.3 Å². The van der Waals surface area contributed by atoms with Gasteiger partial charge in [0.2, 0.25) is 0 Å². The SMILES string of the molecule is CCCCN1C(C=O)C(C(=O)Nc2ccc(Oc3ccnc4cc(OC)c(OCCCN5CCOCC5)cc34)c(F)c2)=NN(c2cccc(C(F)(F)F)c2)C1C=O. The van der Waals surface area contributed by atoms with Crippen molar-refractivity contribution in [3.05, 3.63) is 78.2 Å². The van der Waals surface area contributed by atoms with Crippen LogP contribution in [0.5, 0.6) is 23.0 Å². The first-order valence-corrected chi connectivity index (χ1v) is 18.4. The molecule has 302 valence electrons. The number of morpholine rings is 1. The summed E-state index contributed by atoms with van der Waals surface area (Å²) < 4.78 is 79.5. The third kappa shape index (κ3) is 9.67. The second-order valence-electron chi connectivity index (χ2n) is 13.3. The van der Waals surface area contributed by atoms with Crippen LogP contribution in [0.1, 0.15) is 31.7 Å². The number of rotatable bonds is 16. The number of hydrogen-bond acceptors (Lipinski definition) is 12. The van der Waals surface area contributed by atoms with E-state index in [-0.39, 0.29) is 29.4 Å². The number of fused-ring (bicyclic) bond motifs is 1. The number of hydrazone groups is 1. The number of ether oxygens (including phenoxy) is 4. The summed E-state index contributed by atoms with van der Waals surface area (Å²) in [6.07, 6.45) is -1.69. The molecule has 1 N–H and O–H groups in total. The smallest absolute Gasteiger partial charge is 0.416 e. The quantitative estimate of drug-likeness (QED) is 0.0778. The average Bonchev–Trinajstić information content (AvgIpc) is 3.21. The molecule has 4 aromatic rings. The Morgan fingerprint density at radius 3 is 2.47 bits per heavy atom. The molecule has 17 heteroatoms. The summed E-state index contributed by atoms with van der Waals surface area (Å²) in [4.78, 5) is 46.7. The number of aldehydes is 2. The van der Waals surface area contributed by atoms with Crippen LogP contribution in [-0.2, 0) is 25.3 Å². The highest BCUT2D eigenvalue weighted by Gasteiger charge is 2.42. The van der Waals surface area contributed by atoms with Crippen molar-refractivity contribution >= 4 is 46.5 Å². The van der Waals surface area contributed by atoms with Gasteiger partial charge in [0, 0.05) is 55.6 Å². The van der Waals surface area contributed by atoms with E-state index in [1.807, 2.05) is 6.92 Å². The lowest BCUT2D eigenvalue weighted by molar-refractivity contribution is -0.137. The Kier molecular flexibility index (Phi) is 13.3. The van der Waals surface area contributed by atoms with E-state index in [4.69, 9.17) is 18.9 Å². The molecule has 0 bridgehead atoms. The first-order chi connectivity index (χ1) is 27.5. The van der Waals surface area contributed by atoms with E-state index in [1.165, 1.54) is 36.4 Å². The molecule has 1 amide bonds. The van der Waals surface area contributed by atoms with Crippen LogP contribution in [0, 0.1) is 5.82 Å². The molecule has 0 saturated carbocycles. The molecule has 1 aromatic heterocycles. The van der Waals surface area contributed by atoms with Crippen molar-refractivity contribution in [2.75, 3.05) is 63.4 Å². The van der Waals surface area contributed by atoms with Gasteiger partial charge in [0.1, 0.15) is 18.1 Å². The van der Waals surface area contributed by atoms with Crippen molar-refractivity contribution in [2.45, 2.75) is 44.6 Å². The largest absolute Gasteiger partial charge is 0.493 e. The summed E-state index contributed by atoms with van der Waals surface area (Å²) in [6, 6.07) is 11.5. The van der Waals surface area contributed by atoms with Gasteiger partial charge < -0.3 is 29.1 Å². The van der Waals surface area contributed by atoms with Crippen LogP contribution in [-0.4, -0.2) is 104 Å². The van der Waals surface area contributed by atoms with Crippen LogP contribution in [0.15, 0.2) is 72.0 Å². The van der Waals surface area contributed by atoms with Gasteiger partial charge in [-0.1, -0.05) is 19.4 Å². The van der Waals surface area contributed by atoms with Gasteiger partial charge in [0.25, 0.3) is 5.91 Å². The number of halogens is 4. The second-order valence-corrected chi connectivity index (χ2v) is 13.3. The minimum atomic E-state index is -4.70. The molecule has 1 saturated heterocycles. The van der Waals surface area contributed by atoms with Crippen LogP contribution in [0.25, 0.3) is 10.9 Å². The molecule has 6 rings (SSSR count). The highest BCUT2D eigenvalue weighted by atomic mass is 19.4. The van der Waals surface area contributed by atoms with Crippen molar-refractivity contribution in [3.8, 4) is 23.0 Å². The number of unbranched alkanes of at least 4 members (excludes halogenated alkanes) is 1. The first kappa shape index (κ1) is 41.0. The molecule has 0 aliphatic carbocycles. The van der Waals surface area contributed by atoms with E-state index in [1.54, 1.807) is 18.2 Å². The Balaban J connectivity index is 1.22. The molecule has 0 radical (unpaired) electrons. The van der Waals surface area contributed by atoms with Gasteiger partial charge >= 0.3 is 6.18 Å². The number of benzene rings is 3.